The van der Waals surface area contributed by atoms with E-state index in [9.17, 15) is 4.79 Å². The number of thioether (sulfide) groups is 1. The van der Waals surface area contributed by atoms with Crippen LogP contribution < -0.4 is 0 Å². The highest BCUT2D eigenvalue weighted by Gasteiger charge is 2.26. The molecule has 0 aromatic heterocycles. The molecular formula is C6H4N2OS. The van der Waals surface area contributed by atoms with Crippen LogP contribution in [0.15, 0.2) is 21.0 Å². The van der Waals surface area contributed by atoms with Gasteiger partial charge in [-0.25, -0.2) is 4.99 Å². The zero-order valence-electron chi connectivity index (χ0n) is 5.02. The van der Waals surface area contributed by atoms with E-state index < -0.39 is 0 Å². The van der Waals surface area contributed by atoms with Crippen LogP contribution in [0.5, 0.6) is 0 Å². The summed E-state index contributed by atoms with van der Waals surface area (Å²) in [6, 6.07) is -0.310. The first-order chi connectivity index (χ1) is 4.88. The van der Waals surface area contributed by atoms with Crippen LogP contribution in [0.1, 0.15) is 0 Å². The lowest BCUT2D eigenvalue weighted by Crippen LogP contribution is -2.17. The first kappa shape index (κ1) is 5.85. The second-order valence-electron chi connectivity index (χ2n) is 1.96. The summed E-state index contributed by atoms with van der Waals surface area (Å²) in [7, 11) is 0. The Kier molecular flexibility index (Phi) is 1.20. The molecule has 2 heterocycles. The molecule has 0 aromatic carbocycles. The van der Waals surface area contributed by atoms with Crippen molar-refractivity contribution in [3.63, 3.8) is 0 Å². The Morgan fingerprint density at radius 1 is 1.60 bits per heavy atom. The fourth-order valence-electron chi connectivity index (χ4n) is 0.861. The van der Waals surface area contributed by atoms with Gasteiger partial charge in [-0.3, -0.25) is 9.79 Å². The molecule has 3 nitrogen and oxygen atoms in total. The lowest BCUT2D eigenvalue weighted by atomic mass is 10.2. The van der Waals surface area contributed by atoms with Crippen molar-refractivity contribution >= 4 is 29.4 Å². The molecule has 2 aliphatic heterocycles. The topological polar surface area (TPSA) is 41.8 Å². The molecule has 2 rings (SSSR count). The molecule has 0 spiro atoms. The number of allylic oxidation sites excluding steroid dienone is 1. The lowest BCUT2D eigenvalue weighted by Gasteiger charge is -2.05. The Morgan fingerprint density at radius 2 is 2.50 bits per heavy atom. The van der Waals surface area contributed by atoms with E-state index in [1.807, 2.05) is 6.08 Å². The highest BCUT2D eigenvalue weighted by molar-refractivity contribution is 8.15. The van der Waals surface area contributed by atoms with Crippen LogP contribution >= 0.6 is 11.8 Å². The van der Waals surface area contributed by atoms with E-state index >= 15 is 0 Å². The molecule has 10 heavy (non-hydrogen) atoms. The van der Waals surface area contributed by atoms with Gasteiger partial charge in [0.2, 0.25) is 0 Å². The van der Waals surface area contributed by atoms with E-state index in [1.165, 1.54) is 18.0 Å². The van der Waals surface area contributed by atoms with E-state index in [4.69, 9.17) is 0 Å². The molecular weight excluding hydrogens is 148 g/mol. The number of nitrogens with zero attached hydrogens (tertiary/aromatic N) is 2. The number of hydrogen-bond acceptors (Lipinski definition) is 3. The summed E-state index contributed by atoms with van der Waals surface area (Å²) in [6.45, 7) is 0. The number of amides is 1. The average molecular weight is 152 g/mol. The maximum atomic E-state index is 10.9. The van der Waals surface area contributed by atoms with Crippen LogP contribution in [0.25, 0.3) is 0 Å². The predicted octanol–water partition coefficient (Wildman–Crippen LogP) is 0.625. The van der Waals surface area contributed by atoms with Gasteiger partial charge >= 0.3 is 0 Å². The third-order valence-electron chi connectivity index (χ3n) is 1.34. The Hall–Kier alpha value is -0.900. The molecule has 0 bridgehead atoms. The highest BCUT2D eigenvalue weighted by atomic mass is 32.2. The summed E-state index contributed by atoms with van der Waals surface area (Å²) in [5.74, 6) is -0.154. The van der Waals surface area contributed by atoms with Gasteiger partial charge in [0.05, 0.1) is 5.55 Å². The number of dihydropyridines is 1. The number of hydrogen-bond donors (Lipinski definition) is 0. The molecule has 0 aliphatic carbocycles. The minimum absolute atomic E-state index is 0.154. The molecule has 0 saturated heterocycles. The minimum atomic E-state index is -0.310. The molecule has 0 radical (unpaired) electrons. The zero-order chi connectivity index (χ0) is 6.97. The second kappa shape index (κ2) is 2.05. The van der Waals surface area contributed by atoms with Crippen molar-refractivity contribution in [3.8, 4) is 0 Å². The van der Waals surface area contributed by atoms with Crippen molar-refractivity contribution in [1.29, 1.82) is 0 Å². The Morgan fingerprint density at radius 3 is 3.30 bits per heavy atom. The van der Waals surface area contributed by atoms with Gasteiger partial charge in [0.1, 0.15) is 0 Å². The molecule has 0 aromatic rings. The fraction of sp³-hybridized carbons (Fsp3) is 0.167. The molecule has 50 valence electrons. The van der Waals surface area contributed by atoms with E-state index in [0.717, 1.165) is 4.91 Å². The first-order valence-corrected chi connectivity index (χ1v) is 3.72. The monoisotopic (exact) mass is 152 g/mol. The fourth-order valence-corrected chi connectivity index (χ4v) is 1.60. The zero-order valence-corrected chi connectivity index (χ0v) is 5.84. The van der Waals surface area contributed by atoms with Crippen molar-refractivity contribution < 1.29 is 4.79 Å². The number of fused-ring (bicyclic) bond motifs is 1. The largest absolute Gasteiger partial charge is 0.275 e. The molecule has 1 amide bonds. The minimum Gasteiger partial charge on any atom is -0.270 e. The predicted molar refractivity (Wildman–Crippen MR) is 41.5 cm³/mol. The van der Waals surface area contributed by atoms with Gasteiger partial charge in [0.15, 0.2) is 6.04 Å². The van der Waals surface area contributed by atoms with Crippen molar-refractivity contribution in [2.45, 2.75) is 6.04 Å². The van der Waals surface area contributed by atoms with Gasteiger partial charge in [-0.05, 0) is 6.08 Å². The van der Waals surface area contributed by atoms with Crippen LogP contribution in [0.3, 0.4) is 0 Å². The number of aliphatic imine (C=N–C) groups is 2. The SMILES string of the molecule is O=C1N=CC=C2SC=NC12. The molecule has 1 atom stereocenters. The molecule has 1 unspecified atom stereocenters. The second-order valence-corrected chi connectivity index (χ2v) is 2.88. The van der Waals surface area contributed by atoms with Crippen LogP contribution in [0.2, 0.25) is 0 Å². The lowest BCUT2D eigenvalue weighted by molar-refractivity contribution is -0.118. The van der Waals surface area contributed by atoms with E-state index in [2.05, 4.69) is 9.98 Å². The van der Waals surface area contributed by atoms with Gasteiger partial charge in [0.25, 0.3) is 5.91 Å². The van der Waals surface area contributed by atoms with E-state index in [1.54, 1.807) is 5.55 Å². The Labute approximate surface area is 61.9 Å². The number of carbonyl (C=O) groups excluding carboxylic acids is 1. The maximum Gasteiger partial charge on any atom is 0.275 e. The number of rotatable bonds is 0. The van der Waals surface area contributed by atoms with Crippen LogP contribution in [0.4, 0.5) is 0 Å². The normalized spacial score (nSPS) is 28.6. The van der Waals surface area contributed by atoms with E-state index in [0.29, 0.717) is 0 Å². The van der Waals surface area contributed by atoms with Gasteiger partial charge in [-0.2, -0.15) is 0 Å². The maximum absolute atomic E-state index is 10.9. The first-order valence-electron chi connectivity index (χ1n) is 2.84. The smallest absolute Gasteiger partial charge is 0.270 e. The van der Waals surface area contributed by atoms with Crippen molar-refractivity contribution in [3.05, 3.63) is 11.0 Å². The standard InChI is InChI=1S/C6H4N2OS/c9-6-5-4(1-2-7-6)10-3-8-5/h1-3,5H. The third-order valence-corrected chi connectivity index (χ3v) is 2.20. The van der Waals surface area contributed by atoms with Gasteiger partial charge < -0.3 is 0 Å². The summed E-state index contributed by atoms with van der Waals surface area (Å²) in [5, 5.41) is 0. The van der Waals surface area contributed by atoms with Crippen molar-refractivity contribution in [1.82, 2.24) is 0 Å². The van der Waals surface area contributed by atoms with Gasteiger partial charge in [-0.15, -0.1) is 0 Å². The van der Waals surface area contributed by atoms with Crippen LogP contribution in [0, 0.1) is 0 Å². The summed E-state index contributed by atoms with van der Waals surface area (Å²) >= 11 is 1.49. The Bertz CT molecular complexity index is 267. The summed E-state index contributed by atoms with van der Waals surface area (Å²) in [5.41, 5.74) is 1.68. The summed E-state index contributed by atoms with van der Waals surface area (Å²) < 4.78 is 0. The third kappa shape index (κ3) is 0.724. The average Bonchev–Trinajstić information content (AvgIpc) is 2.36. The molecule has 0 fully saturated rings. The van der Waals surface area contributed by atoms with Crippen molar-refractivity contribution in [2.75, 3.05) is 0 Å². The quantitative estimate of drug-likeness (QED) is 0.510. The number of carbonyl (C=O) groups is 1. The summed E-state index contributed by atoms with van der Waals surface area (Å²) in [6.07, 6.45) is 3.35. The van der Waals surface area contributed by atoms with Crippen LogP contribution in [-0.4, -0.2) is 23.7 Å². The van der Waals surface area contributed by atoms with Gasteiger partial charge in [-0.1, -0.05) is 11.8 Å². The molecule has 0 N–H and O–H groups in total. The molecule has 4 heteroatoms. The van der Waals surface area contributed by atoms with Crippen LogP contribution in [-0.2, 0) is 4.79 Å². The summed E-state index contributed by atoms with van der Waals surface area (Å²) in [4.78, 5) is 19.4. The van der Waals surface area contributed by atoms with E-state index in [-0.39, 0.29) is 11.9 Å². The highest BCUT2D eigenvalue weighted by Crippen LogP contribution is 2.28. The molecule has 0 saturated carbocycles. The van der Waals surface area contributed by atoms with Crippen molar-refractivity contribution in [2.24, 2.45) is 9.98 Å². The Balaban J connectivity index is 2.40. The van der Waals surface area contributed by atoms with Gasteiger partial charge in [0, 0.05) is 11.1 Å². The molecule has 2 aliphatic rings.